The van der Waals surface area contributed by atoms with Gasteiger partial charge in [0.15, 0.2) is 0 Å². The zero-order chi connectivity index (χ0) is 24.6. The van der Waals surface area contributed by atoms with Crippen molar-refractivity contribution in [2.45, 2.75) is 45.1 Å². The largest absolute Gasteiger partial charge is 3.00 e. The first-order valence-corrected chi connectivity index (χ1v) is 11.9. The summed E-state index contributed by atoms with van der Waals surface area (Å²) >= 11 is 0. The Bertz CT molecular complexity index is 568. The second-order valence-electron chi connectivity index (χ2n) is 8.75. The molecule has 197 valence electrons. The molecule has 1 N–H and O–H groups in total. The number of aliphatic carboxylic acids is 3. The van der Waals surface area contributed by atoms with Crippen molar-refractivity contribution >= 4 is 17.9 Å². The number of hydrogen-bond donors (Lipinski definition) is 1. The van der Waals surface area contributed by atoms with Gasteiger partial charge in [0.1, 0.15) is 0 Å². The number of rotatable bonds is 13. The second kappa shape index (κ2) is 19.7. The molecule has 1 heterocycles. The Kier molecular flexibility index (Phi) is 19.4. The summed E-state index contributed by atoms with van der Waals surface area (Å²) in [6, 6.07) is 0. The zero-order valence-corrected chi connectivity index (χ0v) is 22.4. The summed E-state index contributed by atoms with van der Waals surface area (Å²) < 4.78 is 0. The van der Waals surface area contributed by atoms with E-state index < -0.39 is 24.0 Å². The SMILES string of the molecule is CCCCCCC(O)CN1CCN(CC(=O)[O-])CCN(CC(=O)[O-])CCN(CC(=O)[O-])CC1.[Gd+3]. The summed E-state index contributed by atoms with van der Waals surface area (Å²) in [5.74, 6) is -3.67. The summed E-state index contributed by atoms with van der Waals surface area (Å²) in [7, 11) is 0. The van der Waals surface area contributed by atoms with Crippen molar-refractivity contribution in [2.24, 2.45) is 0 Å². The number of carbonyl (C=O) groups excluding carboxylic acids is 3. The Balaban J connectivity index is 0.0000109. The second-order valence-corrected chi connectivity index (χ2v) is 8.75. The van der Waals surface area contributed by atoms with E-state index in [1.807, 2.05) is 4.90 Å². The number of unbranched alkanes of at least 4 members (excludes halogenated alkanes) is 3. The van der Waals surface area contributed by atoms with E-state index in [9.17, 15) is 34.8 Å². The van der Waals surface area contributed by atoms with E-state index >= 15 is 0 Å². The number of hydrogen-bond acceptors (Lipinski definition) is 11. The maximum Gasteiger partial charge on any atom is 3.00 e. The Morgan fingerprint density at radius 3 is 1.35 bits per heavy atom. The first-order chi connectivity index (χ1) is 15.7. The molecule has 0 spiro atoms. The molecule has 1 atom stereocenters. The van der Waals surface area contributed by atoms with Gasteiger partial charge in [0.25, 0.3) is 0 Å². The normalized spacial score (nSPS) is 18.9. The van der Waals surface area contributed by atoms with E-state index in [-0.39, 0.29) is 59.6 Å². The summed E-state index contributed by atoms with van der Waals surface area (Å²) in [6.45, 7) is 4.65. The first-order valence-electron chi connectivity index (χ1n) is 11.9. The first kappa shape index (κ1) is 33.5. The fourth-order valence-electron chi connectivity index (χ4n) is 3.98. The van der Waals surface area contributed by atoms with Gasteiger partial charge < -0.3 is 34.8 Å². The standard InChI is InChI=1S/C22H42N4O7.Gd/c1-2-3-4-5-6-19(27)15-23-7-9-24(16-20(28)29)11-13-26(18-22(32)33)14-12-25(10-8-23)17-21(30)31;/h19,27H,2-18H2,1H3,(H,28,29)(H,30,31)(H,32,33);/q;+3/p-3. The predicted octanol–water partition coefficient (Wildman–Crippen LogP) is -4.21. The van der Waals surface area contributed by atoms with Gasteiger partial charge in [0, 0.05) is 78.5 Å². The molecule has 0 saturated carbocycles. The van der Waals surface area contributed by atoms with E-state index in [1.54, 1.807) is 14.7 Å². The molecule has 0 aromatic rings. The minimum Gasteiger partial charge on any atom is -0.549 e. The third kappa shape index (κ3) is 17.0. The average molecular weight is 629 g/mol. The number of aliphatic hydroxyl groups is 1. The molecular weight excluding hydrogens is 590 g/mol. The van der Waals surface area contributed by atoms with E-state index in [0.717, 1.165) is 25.7 Å². The van der Waals surface area contributed by atoms with Gasteiger partial charge in [-0.1, -0.05) is 32.6 Å². The van der Waals surface area contributed by atoms with Crippen LogP contribution in [0.15, 0.2) is 0 Å². The molecule has 1 saturated heterocycles. The monoisotopic (exact) mass is 629 g/mol. The molecule has 0 aliphatic carbocycles. The molecule has 0 amide bonds. The van der Waals surface area contributed by atoms with Crippen LogP contribution < -0.4 is 15.3 Å². The molecule has 1 unspecified atom stereocenters. The van der Waals surface area contributed by atoms with Gasteiger partial charge in [0.05, 0.1) is 24.0 Å². The summed E-state index contributed by atoms with van der Waals surface area (Å²) in [5, 5.41) is 44.0. The van der Waals surface area contributed by atoms with Crippen molar-refractivity contribution in [1.29, 1.82) is 0 Å². The number of carboxylic acids is 3. The van der Waals surface area contributed by atoms with Crippen LogP contribution in [0.4, 0.5) is 0 Å². The van der Waals surface area contributed by atoms with E-state index in [2.05, 4.69) is 6.92 Å². The van der Waals surface area contributed by atoms with Crippen molar-refractivity contribution in [3.63, 3.8) is 0 Å². The molecule has 0 aromatic carbocycles. The van der Waals surface area contributed by atoms with Crippen molar-refractivity contribution in [1.82, 2.24) is 19.6 Å². The number of β-amino-alcohol motifs (C(OH)–C–C–N with tert-alkyl or cyclic N) is 1. The van der Waals surface area contributed by atoms with Crippen molar-refractivity contribution < 1.29 is 74.8 Å². The minimum absolute atomic E-state index is 0. The molecule has 1 aliphatic heterocycles. The molecule has 1 aliphatic rings. The third-order valence-electron chi connectivity index (χ3n) is 5.85. The third-order valence-corrected chi connectivity index (χ3v) is 5.85. The van der Waals surface area contributed by atoms with Gasteiger partial charge in [-0.2, -0.15) is 0 Å². The summed E-state index contributed by atoms with van der Waals surface area (Å²) in [5.41, 5.74) is 0. The van der Waals surface area contributed by atoms with Crippen LogP contribution >= 0.6 is 0 Å². The predicted molar refractivity (Wildman–Crippen MR) is 116 cm³/mol. The van der Waals surface area contributed by atoms with Crippen LogP contribution in [0.5, 0.6) is 0 Å². The Hall–Kier alpha value is -0.465. The van der Waals surface area contributed by atoms with Crippen LogP contribution in [-0.2, 0) is 14.4 Å². The smallest absolute Gasteiger partial charge is 0.549 e. The molecule has 0 aromatic heterocycles. The number of carboxylic acid groups (broad SMARTS) is 3. The fraction of sp³-hybridized carbons (Fsp3) is 0.864. The molecule has 34 heavy (non-hydrogen) atoms. The van der Waals surface area contributed by atoms with Crippen molar-refractivity contribution in [3.05, 3.63) is 0 Å². The van der Waals surface area contributed by atoms with Crippen molar-refractivity contribution in [2.75, 3.05) is 78.5 Å². The van der Waals surface area contributed by atoms with Gasteiger partial charge in [-0.25, -0.2) is 0 Å². The van der Waals surface area contributed by atoms with E-state index in [1.165, 1.54) is 0 Å². The molecule has 1 fully saturated rings. The molecular formula is C22H39GdN4O7. The van der Waals surface area contributed by atoms with Crippen molar-refractivity contribution in [3.8, 4) is 0 Å². The minimum atomic E-state index is -1.25. The molecule has 1 radical (unpaired) electrons. The van der Waals surface area contributed by atoms with Crippen LogP contribution in [0, 0.1) is 39.9 Å². The van der Waals surface area contributed by atoms with Gasteiger partial charge in [-0.3, -0.25) is 19.6 Å². The van der Waals surface area contributed by atoms with Crippen LogP contribution in [0.1, 0.15) is 39.0 Å². The summed E-state index contributed by atoms with van der Waals surface area (Å²) in [4.78, 5) is 40.5. The van der Waals surface area contributed by atoms with Crippen LogP contribution in [0.25, 0.3) is 0 Å². The van der Waals surface area contributed by atoms with Crippen LogP contribution in [-0.4, -0.2) is 127 Å². The number of nitrogens with zero attached hydrogens (tertiary/aromatic N) is 4. The van der Waals surface area contributed by atoms with Crippen LogP contribution in [0.3, 0.4) is 0 Å². The molecule has 1 rings (SSSR count). The fourth-order valence-corrected chi connectivity index (χ4v) is 3.98. The van der Waals surface area contributed by atoms with Gasteiger partial charge in [-0.15, -0.1) is 0 Å². The topological polar surface area (TPSA) is 154 Å². The average Bonchev–Trinajstić information content (AvgIpc) is 2.72. The van der Waals surface area contributed by atoms with Crippen LogP contribution in [0.2, 0.25) is 0 Å². The Morgan fingerprint density at radius 1 is 0.676 bits per heavy atom. The van der Waals surface area contributed by atoms with E-state index in [0.29, 0.717) is 65.3 Å². The Labute approximate surface area is 234 Å². The van der Waals surface area contributed by atoms with Gasteiger partial charge in [0.2, 0.25) is 0 Å². The Morgan fingerprint density at radius 2 is 1.03 bits per heavy atom. The zero-order valence-electron chi connectivity index (χ0n) is 20.1. The number of carbonyl (C=O) groups is 3. The number of aliphatic hydroxyl groups excluding tert-OH is 1. The molecule has 11 nitrogen and oxygen atoms in total. The van der Waals surface area contributed by atoms with Gasteiger partial charge in [-0.05, 0) is 6.42 Å². The molecule has 12 heteroatoms. The van der Waals surface area contributed by atoms with E-state index in [4.69, 9.17) is 0 Å². The maximum absolute atomic E-state index is 11.2. The van der Waals surface area contributed by atoms with Gasteiger partial charge >= 0.3 is 39.9 Å². The summed E-state index contributed by atoms with van der Waals surface area (Å²) in [6.07, 6.45) is 4.41. The maximum atomic E-state index is 11.2. The molecule has 0 bridgehead atoms. The quantitative estimate of drug-likeness (QED) is 0.198.